The third kappa shape index (κ3) is 2.30. The number of aliphatic hydroxyl groups excluding tert-OH is 1. The summed E-state index contributed by atoms with van der Waals surface area (Å²) in [6.45, 7) is 4.89. The summed E-state index contributed by atoms with van der Waals surface area (Å²) in [6, 6.07) is 6.01. The maximum Gasteiger partial charge on any atom is 0.150 e. The van der Waals surface area contributed by atoms with E-state index in [1.54, 1.807) is 0 Å². The minimum atomic E-state index is -0.509. The zero-order valence-electron chi connectivity index (χ0n) is 9.06. The van der Waals surface area contributed by atoms with E-state index in [0.717, 1.165) is 11.3 Å². The Balaban J connectivity index is 2.10. The predicted molar refractivity (Wildman–Crippen MR) is 57.2 cm³/mol. The molecular formula is C12H16O3. The summed E-state index contributed by atoms with van der Waals surface area (Å²) in [5.74, 6) is 0.829. The molecule has 1 fully saturated rings. The molecule has 0 unspecified atom stereocenters. The van der Waals surface area contributed by atoms with E-state index in [1.807, 2.05) is 26.0 Å². The summed E-state index contributed by atoms with van der Waals surface area (Å²) in [5.41, 5.74) is 2.30. The molecule has 3 nitrogen and oxygen atoms in total. The first-order valence-electron chi connectivity index (χ1n) is 5.16. The lowest BCUT2D eigenvalue weighted by Crippen LogP contribution is -2.29. The van der Waals surface area contributed by atoms with Gasteiger partial charge in [0.1, 0.15) is 18.0 Å². The number of aryl methyl sites for hydroxylation is 2. The van der Waals surface area contributed by atoms with Crippen LogP contribution in [0.3, 0.4) is 0 Å². The lowest BCUT2D eigenvalue weighted by atomic mass is 10.1. The largest absolute Gasteiger partial charge is 0.485 e. The Labute approximate surface area is 89.6 Å². The van der Waals surface area contributed by atoms with Crippen LogP contribution in [0.1, 0.15) is 11.1 Å². The topological polar surface area (TPSA) is 38.7 Å². The number of hydrogen-bond acceptors (Lipinski definition) is 3. The lowest BCUT2D eigenvalue weighted by Gasteiger charge is -2.17. The van der Waals surface area contributed by atoms with Crippen LogP contribution in [0.2, 0.25) is 0 Å². The van der Waals surface area contributed by atoms with Gasteiger partial charge in [-0.2, -0.15) is 0 Å². The number of aliphatic hydroxyl groups is 1. The molecule has 0 bridgehead atoms. The summed E-state index contributed by atoms with van der Waals surface area (Å²) < 4.78 is 10.8. The fourth-order valence-electron chi connectivity index (χ4n) is 1.73. The number of ether oxygens (including phenoxy) is 2. The van der Waals surface area contributed by atoms with Gasteiger partial charge < -0.3 is 14.6 Å². The van der Waals surface area contributed by atoms with Crippen molar-refractivity contribution in [1.82, 2.24) is 0 Å². The summed E-state index contributed by atoms with van der Waals surface area (Å²) in [4.78, 5) is 0. The molecule has 1 aliphatic rings. The van der Waals surface area contributed by atoms with Crippen LogP contribution in [0.5, 0.6) is 5.75 Å². The molecule has 0 saturated carbocycles. The second-order valence-corrected chi connectivity index (χ2v) is 4.03. The van der Waals surface area contributed by atoms with Crippen molar-refractivity contribution in [2.24, 2.45) is 0 Å². The average Bonchev–Trinajstić information content (AvgIpc) is 2.57. The first kappa shape index (κ1) is 10.5. The second kappa shape index (κ2) is 4.21. The van der Waals surface area contributed by atoms with Crippen LogP contribution < -0.4 is 4.74 Å². The molecule has 1 N–H and O–H groups in total. The minimum Gasteiger partial charge on any atom is -0.485 e. The monoisotopic (exact) mass is 208 g/mol. The molecular weight excluding hydrogens is 192 g/mol. The fraction of sp³-hybridized carbons (Fsp3) is 0.500. The normalized spacial score (nSPS) is 25.5. The molecule has 3 heteroatoms. The predicted octanol–water partition coefficient (Wildman–Crippen LogP) is 1.44. The van der Waals surface area contributed by atoms with Crippen molar-refractivity contribution in [2.75, 3.05) is 13.2 Å². The van der Waals surface area contributed by atoms with E-state index >= 15 is 0 Å². The number of rotatable bonds is 2. The Kier molecular flexibility index (Phi) is 2.93. The average molecular weight is 208 g/mol. The Bertz CT molecular complexity index is 349. The highest BCUT2D eigenvalue weighted by atomic mass is 16.6. The Morgan fingerprint density at radius 1 is 1.33 bits per heavy atom. The third-order valence-corrected chi connectivity index (χ3v) is 2.61. The molecule has 1 saturated heterocycles. The molecule has 0 aliphatic carbocycles. The highest BCUT2D eigenvalue weighted by Gasteiger charge is 2.28. The van der Waals surface area contributed by atoms with Crippen molar-refractivity contribution in [3.8, 4) is 5.75 Å². The molecule has 2 atom stereocenters. The van der Waals surface area contributed by atoms with Gasteiger partial charge in [-0.1, -0.05) is 17.7 Å². The molecule has 82 valence electrons. The van der Waals surface area contributed by atoms with Crippen LogP contribution in [0, 0.1) is 13.8 Å². The maximum atomic E-state index is 9.55. The van der Waals surface area contributed by atoms with Gasteiger partial charge in [-0.25, -0.2) is 0 Å². The van der Waals surface area contributed by atoms with Crippen LogP contribution in [-0.4, -0.2) is 30.5 Å². The molecule has 0 radical (unpaired) electrons. The van der Waals surface area contributed by atoms with E-state index in [4.69, 9.17) is 9.47 Å². The summed E-state index contributed by atoms with van der Waals surface area (Å²) in [7, 11) is 0. The number of hydrogen-bond donors (Lipinski definition) is 1. The van der Waals surface area contributed by atoms with Crippen molar-refractivity contribution in [3.63, 3.8) is 0 Å². The molecule has 2 rings (SSSR count). The highest BCUT2D eigenvalue weighted by molar-refractivity contribution is 5.35. The van der Waals surface area contributed by atoms with Crippen molar-refractivity contribution >= 4 is 0 Å². The Hall–Kier alpha value is -1.06. The van der Waals surface area contributed by atoms with E-state index < -0.39 is 6.10 Å². The van der Waals surface area contributed by atoms with Gasteiger partial charge in [-0.3, -0.25) is 0 Å². The Morgan fingerprint density at radius 2 is 2.13 bits per heavy atom. The molecule has 1 aliphatic heterocycles. The van der Waals surface area contributed by atoms with Gasteiger partial charge in [-0.05, 0) is 25.5 Å². The van der Waals surface area contributed by atoms with Crippen LogP contribution in [0.25, 0.3) is 0 Å². The molecule has 0 spiro atoms. The van der Waals surface area contributed by atoms with Crippen LogP contribution >= 0.6 is 0 Å². The zero-order valence-corrected chi connectivity index (χ0v) is 9.06. The summed E-state index contributed by atoms with van der Waals surface area (Å²) >= 11 is 0. The standard InChI is InChI=1S/C12H16O3/c1-8-3-4-11(9(2)5-8)15-12-7-14-6-10(12)13/h3-5,10,12-13H,6-7H2,1-2H3/t10-,12-/m0/s1. The minimum absolute atomic E-state index is 0.230. The molecule has 15 heavy (non-hydrogen) atoms. The molecule has 0 aromatic heterocycles. The van der Waals surface area contributed by atoms with Gasteiger partial charge in [0.25, 0.3) is 0 Å². The highest BCUT2D eigenvalue weighted by Crippen LogP contribution is 2.22. The van der Waals surface area contributed by atoms with Gasteiger partial charge in [0.2, 0.25) is 0 Å². The van der Waals surface area contributed by atoms with Crippen LogP contribution in [0.4, 0.5) is 0 Å². The van der Waals surface area contributed by atoms with Crippen molar-refractivity contribution in [2.45, 2.75) is 26.1 Å². The third-order valence-electron chi connectivity index (χ3n) is 2.61. The van der Waals surface area contributed by atoms with Crippen LogP contribution in [-0.2, 0) is 4.74 Å². The van der Waals surface area contributed by atoms with Crippen molar-refractivity contribution in [3.05, 3.63) is 29.3 Å². The zero-order chi connectivity index (χ0) is 10.8. The van der Waals surface area contributed by atoms with Crippen LogP contribution in [0.15, 0.2) is 18.2 Å². The second-order valence-electron chi connectivity index (χ2n) is 4.03. The molecule has 1 aromatic rings. The quantitative estimate of drug-likeness (QED) is 0.799. The van der Waals surface area contributed by atoms with Gasteiger partial charge in [0, 0.05) is 0 Å². The lowest BCUT2D eigenvalue weighted by molar-refractivity contribution is 0.0729. The Morgan fingerprint density at radius 3 is 2.73 bits per heavy atom. The maximum absolute atomic E-state index is 9.55. The van der Waals surface area contributed by atoms with E-state index in [9.17, 15) is 5.11 Å². The fourth-order valence-corrected chi connectivity index (χ4v) is 1.73. The van der Waals surface area contributed by atoms with Crippen molar-refractivity contribution < 1.29 is 14.6 Å². The molecule has 1 heterocycles. The van der Waals surface area contributed by atoms with E-state index in [-0.39, 0.29) is 6.10 Å². The molecule has 1 aromatic carbocycles. The van der Waals surface area contributed by atoms with E-state index in [2.05, 4.69) is 6.07 Å². The molecule has 0 amide bonds. The summed E-state index contributed by atoms with van der Waals surface area (Å²) in [6.07, 6.45) is -0.739. The smallest absolute Gasteiger partial charge is 0.150 e. The van der Waals surface area contributed by atoms with Gasteiger partial charge >= 0.3 is 0 Å². The first-order chi connectivity index (χ1) is 7.16. The first-order valence-corrected chi connectivity index (χ1v) is 5.16. The SMILES string of the molecule is Cc1ccc(O[C@H]2COC[C@@H]2O)c(C)c1. The van der Waals surface area contributed by atoms with Gasteiger partial charge in [-0.15, -0.1) is 0 Å². The summed E-state index contributed by atoms with van der Waals surface area (Å²) in [5, 5.41) is 9.55. The van der Waals surface area contributed by atoms with Gasteiger partial charge in [0.05, 0.1) is 13.2 Å². The van der Waals surface area contributed by atoms with E-state index in [1.165, 1.54) is 5.56 Å². The van der Waals surface area contributed by atoms with E-state index in [0.29, 0.717) is 13.2 Å². The number of benzene rings is 1. The van der Waals surface area contributed by atoms with Gasteiger partial charge in [0.15, 0.2) is 0 Å². The van der Waals surface area contributed by atoms with Crippen molar-refractivity contribution in [1.29, 1.82) is 0 Å².